The van der Waals surface area contributed by atoms with Crippen LogP contribution in [0.25, 0.3) is 0 Å². The molecule has 1 atom stereocenters. The second-order valence-electron chi connectivity index (χ2n) is 4.20. The summed E-state index contributed by atoms with van der Waals surface area (Å²) < 4.78 is 13.8. The molecule has 1 aromatic rings. The Balaban J connectivity index is 2.37. The number of hydrogen-bond acceptors (Lipinski definition) is 2. The molecule has 1 rings (SSSR count). The predicted octanol–water partition coefficient (Wildman–Crippen LogP) is 3.07. The van der Waals surface area contributed by atoms with Gasteiger partial charge in [-0.1, -0.05) is 19.1 Å². The molecule has 0 radical (unpaired) electrons. The number of halogens is 2. The van der Waals surface area contributed by atoms with Crippen molar-refractivity contribution in [3.8, 4) is 0 Å². The van der Waals surface area contributed by atoms with Crippen LogP contribution in [0.2, 0.25) is 0 Å². The Bertz CT molecular complexity index is 344. The first-order chi connectivity index (χ1) is 8.15. The van der Waals surface area contributed by atoms with E-state index in [-0.39, 0.29) is 5.82 Å². The van der Waals surface area contributed by atoms with Gasteiger partial charge in [0.2, 0.25) is 0 Å². The van der Waals surface area contributed by atoms with Gasteiger partial charge >= 0.3 is 0 Å². The van der Waals surface area contributed by atoms with Gasteiger partial charge in [-0.15, -0.1) is 0 Å². The van der Waals surface area contributed by atoms with Crippen LogP contribution in [0.15, 0.2) is 22.7 Å². The lowest BCUT2D eigenvalue weighted by atomic mass is 10.2. The largest absolute Gasteiger partial charge is 0.315 e. The van der Waals surface area contributed by atoms with Gasteiger partial charge in [-0.25, -0.2) is 4.39 Å². The van der Waals surface area contributed by atoms with Gasteiger partial charge in [0, 0.05) is 19.1 Å². The third kappa shape index (κ3) is 5.15. The van der Waals surface area contributed by atoms with E-state index in [2.05, 4.69) is 40.4 Å². The van der Waals surface area contributed by atoms with Crippen LogP contribution in [0.1, 0.15) is 25.8 Å². The van der Waals surface area contributed by atoms with Gasteiger partial charge < -0.3 is 10.6 Å². The van der Waals surface area contributed by atoms with Crippen molar-refractivity contribution in [1.82, 2.24) is 10.6 Å². The summed E-state index contributed by atoms with van der Waals surface area (Å²) in [5.74, 6) is -0.207. The third-order valence-corrected chi connectivity index (χ3v) is 3.44. The maximum atomic E-state index is 13.3. The highest BCUT2D eigenvalue weighted by molar-refractivity contribution is 9.10. The number of rotatable bonds is 7. The molecular formula is C13H20BrFN2. The molecule has 1 unspecified atom stereocenters. The minimum absolute atomic E-state index is 0.207. The Kier molecular flexibility index (Phi) is 6.70. The van der Waals surface area contributed by atoms with Crippen molar-refractivity contribution in [1.29, 1.82) is 0 Å². The highest BCUT2D eigenvalue weighted by Crippen LogP contribution is 2.20. The zero-order chi connectivity index (χ0) is 12.7. The van der Waals surface area contributed by atoms with Gasteiger partial charge in [0.05, 0.1) is 4.47 Å². The summed E-state index contributed by atoms with van der Waals surface area (Å²) in [7, 11) is 0. The van der Waals surface area contributed by atoms with Gasteiger partial charge in [0.25, 0.3) is 0 Å². The molecule has 0 aliphatic rings. The molecule has 0 aromatic heterocycles. The summed E-state index contributed by atoms with van der Waals surface area (Å²) in [6.45, 7) is 6.91. The molecular weight excluding hydrogens is 283 g/mol. The average molecular weight is 303 g/mol. The molecule has 96 valence electrons. The summed E-state index contributed by atoms with van der Waals surface area (Å²) in [6, 6.07) is 5.49. The predicted molar refractivity (Wildman–Crippen MR) is 73.6 cm³/mol. The van der Waals surface area contributed by atoms with E-state index < -0.39 is 0 Å². The van der Waals surface area contributed by atoms with Crippen molar-refractivity contribution in [2.45, 2.75) is 32.9 Å². The van der Waals surface area contributed by atoms with Crippen molar-refractivity contribution in [2.24, 2.45) is 0 Å². The molecule has 0 bridgehead atoms. The summed E-state index contributed by atoms with van der Waals surface area (Å²) in [5, 5.41) is 6.72. The molecule has 0 aliphatic carbocycles. The van der Waals surface area contributed by atoms with Gasteiger partial charge in [-0.2, -0.15) is 0 Å². The summed E-state index contributed by atoms with van der Waals surface area (Å²) in [4.78, 5) is 0. The quantitative estimate of drug-likeness (QED) is 0.757. The monoisotopic (exact) mass is 302 g/mol. The molecule has 0 saturated carbocycles. The van der Waals surface area contributed by atoms with Crippen LogP contribution in [-0.4, -0.2) is 19.1 Å². The first-order valence-corrected chi connectivity index (χ1v) is 6.81. The lowest BCUT2D eigenvalue weighted by Gasteiger charge is -2.15. The van der Waals surface area contributed by atoms with Crippen molar-refractivity contribution in [3.63, 3.8) is 0 Å². The standard InChI is InChI=1S/C13H20BrFN2/c1-3-7-16-8-10(2)17-9-11-5-4-6-12(15)13(11)14/h4-6,10,16-17H,3,7-9H2,1-2H3. The molecule has 2 N–H and O–H groups in total. The first-order valence-electron chi connectivity index (χ1n) is 6.02. The van der Waals surface area contributed by atoms with Crippen molar-refractivity contribution in [3.05, 3.63) is 34.1 Å². The maximum Gasteiger partial charge on any atom is 0.137 e. The second-order valence-corrected chi connectivity index (χ2v) is 4.99. The van der Waals surface area contributed by atoms with Crippen molar-refractivity contribution in [2.75, 3.05) is 13.1 Å². The first kappa shape index (κ1) is 14.6. The Labute approximate surface area is 111 Å². The van der Waals surface area contributed by atoms with E-state index in [9.17, 15) is 4.39 Å². The Hall–Kier alpha value is -0.450. The maximum absolute atomic E-state index is 13.3. The Morgan fingerprint density at radius 3 is 2.88 bits per heavy atom. The molecule has 0 saturated heterocycles. The fourth-order valence-electron chi connectivity index (χ4n) is 1.54. The fourth-order valence-corrected chi connectivity index (χ4v) is 1.94. The van der Waals surface area contributed by atoms with Crippen molar-refractivity contribution < 1.29 is 4.39 Å². The average Bonchev–Trinajstić information content (AvgIpc) is 2.31. The zero-order valence-electron chi connectivity index (χ0n) is 10.4. The van der Waals surface area contributed by atoms with E-state index >= 15 is 0 Å². The van der Waals surface area contributed by atoms with Crippen molar-refractivity contribution >= 4 is 15.9 Å². The van der Waals surface area contributed by atoms with Crippen LogP contribution < -0.4 is 10.6 Å². The molecule has 0 spiro atoms. The fraction of sp³-hybridized carbons (Fsp3) is 0.538. The lowest BCUT2D eigenvalue weighted by molar-refractivity contribution is 0.499. The van der Waals surface area contributed by atoms with Crippen LogP contribution in [-0.2, 0) is 6.54 Å². The third-order valence-electron chi connectivity index (χ3n) is 2.55. The Morgan fingerprint density at radius 2 is 2.18 bits per heavy atom. The van der Waals surface area contributed by atoms with E-state index in [0.717, 1.165) is 25.1 Å². The Morgan fingerprint density at radius 1 is 1.41 bits per heavy atom. The topological polar surface area (TPSA) is 24.1 Å². The molecule has 17 heavy (non-hydrogen) atoms. The molecule has 1 aromatic carbocycles. The highest BCUT2D eigenvalue weighted by atomic mass is 79.9. The van der Waals surface area contributed by atoms with Gasteiger partial charge in [0.15, 0.2) is 0 Å². The van der Waals surface area contributed by atoms with Crippen LogP contribution in [0.5, 0.6) is 0 Å². The van der Waals surface area contributed by atoms with Gasteiger partial charge in [0.1, 0.15) is 5.82 Å². The van der Waals surface area contributed by atoms with E-state index in [1.807, 2.05) is 6.07 Å². The molecule has 4 heteroatoms. The molecule has 2 nitrogen and oxygen atoms in total. The van der Waals surface area contributed by atoms with E-state index in [4.69, 9.17) is 0 Å². The van der Waals surface area contributed by atoms with Gasteiger partial charge in [-0.3, -0.25) is 0 Å². The normalized spacial score (nSPS) is 12.7. The van der Waals surface area contributed by atoms with Crippen LogP contribution in [0.3, 0.4) is 0 Å². The molecule has 0 amide bonds. The summed E-state index contributed by atoms with van der Waals surface area (Å²) in [5.41, 5.74) is 0.951. The second kappa shape index (κ2) is 7.80. The molecule has 0 fully saturated rings. The van der Waals surface area contributed by atoms with Crippen LogP contribution in [0, 0.1) is 5.82 Å². The van der Waals surface area contributed by atoms with E-state index in [0.29, 0.717) is 17.1 Å². The molecule has 0 aliphatic heterocycles. The number of nitrogens with one attached hydrogen (secondary N) is 2. The van der Waals surface area contributed by atoms with Crippen LogP contribution in [0.4, 0.5) is 4.39 Å². The minimum Gasteiger partial charge on any atom is -0.315 e. The number of hydrogen-bond donors (Lipinski definition) is 2. The number of benzene rings is 1. The minimum atomic E-state index is -0.207. The molecule has 0 heterocycles. The van der Waals surface area contributed by atoms with E-state index in [1.54, 1.807) is 6.07 Å². The summed E-state index contributed by atoms with van der Waals surface area (Å²) >= 11 is 3.26. The zero-order valence-corrected chi connectivity index (χ0v) is 12.0. The summed E-state index contributed by atoms with van der Waals surface area (Å²) in [6.07, 6.45) is 1.14. The van der Waals surface area contributed by atoms with Gasteiger partial charge in [-0.05, 0) is 47.4 Å². The highest BCUT2D eigenvalue weighted by Gasteiger charge is 2.06. The smallest absolute Gasteiger partial charge is 0.137 e. The lowest BCUT2D eigenvalue weighted by Crippen LogP contribution is -2.36. The SMILES string of the molecule is CCCNCC(C)NCc1cccc(F)c1Br. The van der Waals surface area contributed by atoms with E-state index in [1.165, 1.54) is 6.07 Å². The van der Waals surface area contributed by atoms with Crippen LogP contribution >= 0.6 is 15.9 Å².